The van der Waals surface area contributed by atoms with Crippen molar-refractivity contribution in [2.45, 2.75) is 0 Å². The first-order valence-electron chi connectivity index (χ1n) is 7.76. The van der Waals surface area contributed by atoms with Crippen molar-refractivity contribution < 1.29 is 19.4 Å². The first kappa shape index (κ1) is 17.2. The number of methoxy groups -OCH3 is 2. The molecule has 26 heavy (non-hydrogen) atoms. The summed E-state index contributed by atoms with van der Waals surface area (Å²) in [6.07, 6.45) is 1.44. The second kappa shape index (κ2) is 7.52. The average molecular weight is 351 g/mol. The number of nitrogens with zero attached hydrogens (tertiary/aromatic N) is 2. The fourth-order valence-corrected chi connectivity index (χ4v) is 2.46. The number of ether oxygens (including phenoxy) is 2. The normalized spacial score (nSPS) is 10.2. The van der Waals surface area contributed by atoms with Gasteiger partial charge in [0, 0.05) is 17.3 Å². The predicted molar refractivity (Wildman–Crippen MR) is 96.7 cm³/mol. The smallest absolute Gasteiger partial charge is 0.341 e. The molecule has 132 valence electrons. The van der Waals surface area contributed by atoms with Gasteiger partial charge in [-0.05, 0) is 30.3 Å². The van der Waals surface area contributed by atoms with Crippen molar-refractivity contribution in [1.82, 2.24) is 9.97 Å². The van der Waals surface area contributed by atoms with E-state index in [1.807, 2.05) is 24.3 Å². The summed E-state index contributed by atoms with van der Waals surface area (Å²) in [6, 6.07) is 13.8. The molecule has 0 bridgehead atoms. The molecule has 2 N–H and O–H groups in total. The van der Waals surface area contributed by atoms with E-state index in [-0.39, 0.29) is 11.3 Å². The number of aromatic nitrogens is 2. The van der Waals surface area contributed by atoms with E-state index in [1.165, 1.54) is 25.6 Å². The molecular weight excluding hydrogens is 334 g/mol. The number of nitrogens with one attached hydrogen (secondary N) is 1. The summed E-state index contributed by atoms with van der Waals surface area (Å²) in [4.78, 5) is 20.2. The molecule has 1 aromatic heterocycles. The summed E-state index contributed by atoms with van der Waals surface area (Å²) in [5.74, 6) is 0.459. The fraction of sp³-hybridized carbons (Fsp3) is 0.105. The second-order valence-electron chi connectivity index (χ2n) is 5.34. The van der Waals surface area contributed by atoms with Crippen molar-refractivity contribution in [1.29, 1.82) is 0 Å². The summed E-state index contributed by atoms with van der Waals surface area (Å²) in [5.41, 5.74) is 2.16. The van der Waals surface area contributed by atoms with Crippen molar-refractivity contribution in [3.63, 3.8) is 0 Å². The lowest BCUT2D eigenvalue weighted by molar-refractivity contribution is 0.0597. The molecule has 0 radical (unpaired) electrons. The first-order valence-corrected chi connectivity index (χ1v) is 7.76. The van der Waals surface area contributed by atoms with E-state index in [0.29, 0.717) is 22.9 Å². The van der Waals surface area contributed by atoms with E-state index >= 15 is 0 Å². The van der Waals surface area contributed by atoms with Crippen LogP contribution in [0.3, 0.4) is 0 Å². The highest BCUT2D eigenvalue weighted by Crippen LogP contribution is 2.30. The molecule has 7 nitrogen and oxygen atoms in total. The van der Waals surface area contributed by atoms with Crippen LogP contribution >= 0.6 is 0 Å². The standard InChI is InChI=1S/C19H17N3O4/c1-25-17-6-4-3-5-13(17)15-10-18(21-11-20-15)22-12-7-8-16(23)14(9-12)19(24)26-2/h3-11,23H,1-2H3,(H,20,21,22). The Balaban J connectivity index is 1.91. The number of phenolic OH excluding ortho intramolecular Hbond substituents is 1. The van der Waals surface area contributed by atoms with Gasteiger partial charge in [0.15, 0.2) is 0 Å². The van der Waals surface area contributed by atoms with Gasteiger partial charge < -0.3 is 19.9 Å². The van der Waals surface area contributed by atoms with Crippen LogP contribution in [0, 0.1) is 0 Å². The molecule has 0 unspecified atom stereocenters. The molecule has 2 aromatic carbocycles. The largest absolute Gasteiger partial charge is 0.507 e. The van der Waals surface area contributed by atoms with Gasteiger partial charge in [-0.25, -0.2) is 14.8 Å². The molecule has 0 aliphatic rings. The van der Waals surface area contributed by atoms with Crippen molar-refractivity contribution in [3.05, 3.63) is 60.4 Å². The number of hydrogen-bond donors (Lipinski definition) is 2. The molecule has 0 saturated carbocycles. The number of esters is 1. The lowest BCUT2D eigenvalue weighted by Crippen LogP contribution is -2.03. The number of para-hydroxylation sites is 1. The molecule has 0 spiro atoms. The van der Waals surface area contributed by atoms with Crippen LogP contribution in [0.2, 0.25) is 0 Å². The maximum Gasteiger partial charge on any atom is 0.341 e. The fourth-order valence-electron chi connectivity index (χ4n) is 2.46. The molecule has 1 heterocycles. The maximum atomic E-state index is 11.7. The Kier molecular flexibility index (Phi) is 4.98. The van der Waals surface area contributed by atoms with Gasteiger partial charge in [0.1, 0.15) is 29.2 Å². The van der Waals surface area contributed by atoms with Crippen LogP contribution in [-0.4, -0.2) is 35.3 Å². The van der Waals surface area contributed by atoms with E-state index in [2.05, 4.69) is 20.0 Å². The van der Waals surface area contributed by atoms with Crippen LogP contribution in [0.15, 0.2) is 54.9 Å². The van der Waals surface area contributed by atoms with E-state index in [4.69, 9.17) is 4.74 Å². The second-order valence-corrected chi connectivity index (χ2v) is 5.34. The Hall–Kier alpha value is -3.61. The zero-order chi connectivity index (χ0) is 18.5. The lowest BCUT2D eigenvalue weighted by atomic mass is 10.1. The topological polar surface area (TPSA) is 93.6 Å². The Labute approximate surface area is 150 Å². The Morgan fingerprint density at radius 3 is 2.65 bits per heavy atom. The third-order valence-electron chi connectivity index (χ3n) is 3.72. The first-order chi connectivity index (χ1) is 12.6. The zero-order valence-electron chi connectivity index (χ0n) is 14.3. The van der Waals surface area contributed by atoms with Crippen molar-refractivity contribution >= 4 is 17.5 Å². The third-order valence-corrected chi connectivity index (χ3v) is 3.72. The average Bonchev–Trinajstić information content (AvgIpc) is 2.69. The van der Waals surface area contributed by atoms with Gasteiger partial charge in [0.05, 0.1) is 19.9 Å². The summed E-state index contributed by atoms with van der Waals surface area (Å²) in [7, 11) is 2.86. The number of benzene rings is 2. The van der Waals surface area contributed by atoms with E-state index in [1.54, 1.807) is 19.2 Å². The molecule has 0 atom stereocenters. The molecule has 3 rings (SSSR count). The van der Waals surface area contributed by atoms with Crippen LogP contribution in [0.25, 0.3) is 11.3 Å². The van der Waals surface area contributed by atoms with Gasteiger partial charge in [0.25, 0.3) is 0 Å². The number of carbonyl (C=O) groups excluding carboxylic acids is 1. The summed E-state index contributed by atoms with van der Waals surface area (Å²) in [5, 5.41) is 12.9. The van der Waals surface area contributed by atoms with Gasteiger partial charge in [-0.3, -0.25) is 0 Å². The number of carbonyl (C=O) groups is 1. The molecule has 0 aliphatic heterocycles. The number of rotatable bonds is 5. The monoisotopic (exact) mass is 351 g/mol. The van der Waals surface area contributed by atoms with Crippen LogP contribution < -0.4 is 10.1 Å². The van der Waals surface area contributed by atoms with Crippen LogP contribution in [0.5, 0.6) is 11.5 Å². The molecule has 7 heteroatoms. The van der Waals surface area contributed by atoms with E-state index in [0.717, 1.165) is 5.56 Å². The van der Waals surface area contributed by atoms with E-state index in [9.17, 15) is 9.90 Å². The zero-order valence-corrected chi connectivity index (χ0v) is 14.3. The number of anilines is 2. The highest BCUT2D eigenvalue weighted by Gasteiger charge is 2.13. The van der Waals surface area contributed by atoms with Gasteiger partial charge in [-0.1, -0.05) is 12.1 Å². The molecule has 0 amide bonds. The summed E-state index contributed by atoms with van der Waals surface area (Å²) >= 11 is 0. The minimum Gasteiger partial charge on any atom is -0.507 e. The van der Waals surface area contributed by atoms with E-state index < -0.39 is 5.97 Å². The van der Waals surface area contributed by atoms with Gasteiger partial charge >= 0.3 is 5.97 Å². The number of phenols is 1. The van der Waals surface area contributed by atoms with Gasteiger partial charge in [0.2, 0.25) is 0 Å². The van der Waals surface area contributed by atoms with Crippen molar-refractivity contribution in [3.8, 4) is 22.8 Å². The molecule has 0 saturated heterocycles. The Morgan fingerprint density at radius 2 is 1.88 bits per heavy atom. The third kappa shape index (κ3) is 3.56. The quantitative estimate of drug-likeness (QED) is 0.537. The molecule has 0 fully saturated rings. The predicted octanol–water partition coefficient (Wildman–Crippen LogP) is 3.39. The number of aromatic hydroxyl groups is 1. The van der Waals surface area contributed by atoms with Crippen LogP contribution in [0.4, 0.5) is 11.5 Å². The van der Waals surface area contributed by atoms with Gasteiger partial charge in [-0.2, -0.15) is 0 Å². The minimum atomic E-state index is -0.622. The summed E-state index contributed by atoms with van der Waals surface area (Å²) in [6.45, 7) is 0. The van der Waals surface area contributed by atoms with Crippen LogP contribution in [-0.2, 0) is 4.74 Å². The Bertz CT molecular complexity index is 944. The molecule has 0 aliphatic carbocycles. The summed E-state index contributed by atoms with van der Waals surface area (Å²) < 4.78 is 10.0. The SMILES string of the molecule is COC(=O)c1cc(Nc2cc(-c3ccccc3OC)ncn2)ccc1O. The Morgan fingerprint density at radius 1 is 1.08 bits per heavy atom. The molecule has 3 aromatic rings. The van der Waals surface area contributed by atoms with Crippen molar-refractivity contribution in [2.24, 2.45) is 0 Å². The maximum absolute atomic E-state index is 11.7. The lowest BCUT2D eigenvalue weighted by Gasteiger charge is -2.11. The molecular formula is C19H17N3O4. The number of hydrogen-bond acceptors (Lipinski definition) is 7. The minimum absolute atomic E-state index is 0.0662. The van der Waals surface area contributed by atoms with Crippen LogP contribution in [0.1, 0.15) is 10.4 Å². The van der Waals surface area contributed by atoms with Gasteiger partial charge in [-0.15, -0.1) is 0 Å². The highest BCUT2D eigenvalue weighted by molar-refractivity contribution is 5.93. The highest BCUT2D eigenvalue weighted by atomic mass is 16.5. The van der Waals surface area contributed by atoms with Crippen molar-refractivity contribution in [2.75, 3.05) is 19.5 Å².